The molecule has 0 radical (unpaired) electrons. The van der Waals surface area contributed by atoms with Gasteiger partial charge in [-0.25, -0.2) is 0 Å². The Morgan fingerprint density at radius 2 is 2.00 bits per heavy atom. The summed E-state index contributed by atoms with van der Waals surface area (Å²) in [5.41, 5.74) is 5.56. The van der Waals surface area contributed by atoms with E-state index < -0.39 is 0 Å². The summed E-state index contributed by atoms with van der Waals surface area (Å²) in [7, 11) is 0. The predicted octanol–water partition coefficient (Wildman–Crippen LogP) is 0.178. The molecule has 1 unspecified atom stereocenters. The maximum Gasteiger partial charge on any atom is 0.239 e. The summed E-state index contributed by atoms with van der Waals surface area (Å²) >= 11 is 0. The van der Waals surface area contributed by atoms with Gasteiger partial charge in [0.05, 0.1) is 6.54 Å². The van der Waals surface area contributed by atoms with Crippen LogP contribution in [-0.4, -0.2) is 30.9 Å². The van der Waals surface area contributed by atoms with E-state index in [1.54, 1.807) is 0 Å². The van der Waals surface area contributed by atoms with E-state index in [9.17, 15) is 9.59 Å². The third kappa shape index (κ3) is 6.48. The lowest BCUT2D eigenvalue weighted by molar-refractivity contribution is -0.126. The largest absolute Gasteiger partial charge is 0.350 e. The molecule has 17 heavy (non-hydrogen) atoms. The second kappa shape index (κ2) is 8.31. The van der Waals surface area contributed by atoms with Crippen LogP contribution >= 0.6 is 12.4 Å². The molecule has 6 heteroatoms. The molecule has 1 aliphatic carbocycles. The molecule has 5 nitrogen and oxygen atoms in total. The van der Waals surface area contributed by atoms with Crippen molar-refractivity contribution in [3.63, 3.8) is 0 Å². The Hall–Kier alpha value is -0.810. The standard InChI is InChI=1S/C11H21N3O2.ClH/c1-2-3-10(15)13-7-11(16)14-9(6-12)8-4-5-8;/h8-9H,2-7,12H2,1H3,(H,13,15)(H,14,16);1H. The van der Waals surface area contributed by atoms with Gasteiger partial charge in [0.25, 0.3) is 0 Å². The minimum atomic E-state index is -0.146. The third-order valence-electron chi connectivity index (χ3n) is 2.71. The SMILES string of the molecule is CCCC(=O)NCC(=O)NC(CN)C1CC1.Cl. The highest BCUT2D eigenvalue weighted by molar-refractivity contribution is 5.85. The maximum atomic E-state index is 11.5. The van der Waals surface area contributed by atoms with Crippen LogP contribution in [0.1, 0.15) is 32.6 Å². The van der Waals surface area contributed by atoms with Gasteiger partial charge in [0.2, 0.25) is 11.8 Å². The molecule has 100 valence electrons. The first-order chi connectivity index (χ1) is 7.67. The zero-order valence-corrected chi connectivity index (χ0v) is 11.0. The van der Waals surface area contributed by atoms with Crippen LogP contribution in [0.4, 0.5) is 0 Å². The zero-order valence-electron chi connectivity index (χ0n) is 10.2. The molecule has 0 heterocycles. The number of halogens is 1. The first-order valence-corrected chi connectivity index (χ1v) is 5.93. The van der Waals surface area contributed by atoms with Gasteiger partial charge in [-0.15, -0.1) is 12.4 Å². The van der Waals surface area contributed by atoms with E-state index in [-0.39, 0.29) is 36.8 Å². The normalized spacial score (nSPS) is 15.6. The molecule has 0 aliphatic heterocycles. The number of carbonyl (C=O) groups is 2. The Balaban J connectivity index is 0.00000256. The van der Waals surface area contributed by atoms with Crippen LogP contribution in [0.25, 0.3) is 0 Å². The van der Waals surface area contributed by atoms with Gasteiger partial charge in [-0.1, -0.05) is 6.92 Å². The Labute approximate surface area is 108 Å². The lowest BCUT2D eigenvalue weighted by atomic mass is 10.2. The first-order valence-electron chi connectivity index (χ1n) is 5.93. The summed E-state index contributed by atoms with van der Waals surface area (Å²) in [6, 6.07) is 0.0792. The molecular weight excluding hydrogens is 242 g/mol. The molecule has 1 aliphatic rings. The third-order valence-corrected chi connectivity index (χ3v) is 2.71. The number of hydrogen-bond acceptors (Lipinski definition) is 3. The molecular formula is C11H22ClN3O2. The smallest absolute Gasteiger partial charge is 0.239 e. The molecule has 0 spiro atoms. The van der Waals surface area contributed by atoms with Gasteiger partial charge in [0, 0.05) is 19.0 Å². The van der Waals surface area contributed by atoms with Crippen molar-refractivity contribution in [3.8, 4) is 0 Å². The molecule has 1 saturated carbocycles. The van der Waals surface area contributed by atoms with Crippen LogP contribution < -0.4 is 16.4 Å². The van der Waals surface area contributed by atoms with Crippen LogP contribution in [0.3, 0.4) is 0 Å². The van der Waals surface area contributed by atoms with Gasteiger partial charge in [0.15, 0.2) is 0 Å². The Bertz CT molecular complexity index is 257. The van der Waals surface area contributed by atoms with Crippen molar-refractivity contribution in [3.05, 3.63) is 0 Å². The Morgan fingerprint density at radius 1 is 1.35 bits per heavy atom. The summed E-state index contributed by atoms with van der Waals surface area (Å²) < 4.78 is 0. The highest BCUT2D eigenvalue weighted by Gasteiger charge is 2.31. The van der Waals surface area contributed by atoms with Gasteiger partial charge in [-0.2, -0.15) is 0 Å². The molecule has 1 atom stereocenters. The summed E-state index contributed by atoms with van der Waals surface area (Å²) in [4.78, 5) is 22.6. The highest BCUT2D eigenvalue weighted by atomic mass is 35.5. The van der Waals surface area contributed by atoms with Gasteiger partial charge in [-0.3, -0.25) is 9.59 Å². The van der Waals surface area contributed by atoms with E-state index in [0.717, 1.165) is 19.3 Å². The van der Waals surface area contributed by atoms with Crippen LogP contribution in [0.2, 0.25) is 0 Å². The topological polar surface area (TPSA) is 84.2 Å². The average Bonchev–Trinajstić information content (AvgIpc) is 3.07. The molecule has 0 aromatic heterocycles. The second-order valence-corrected chi connectivity index (χ2v) is 4.27. The maximum absolute atomic E-state index is 11.5. The van der Waals surface area contributed by atoms with Crippen molar-refractivity contribution in [2.45, 2.75) is 38.6 Å². The van der Waals surface area contributed by atoms with E-state index in [2.05, 4.69) is 10.6 Å². The average molecular weight is 264 g/mol. The van der Waals surface area contributed by atoms with Crippen LogP contribution in [0.5, 0.6) is 0 Å². The second-order valence-electron chi connectivity index (χ2n) is 4.27. The lowest BCUT2D eigenvalue weighted by Crippen LogP contribution is -2.46. The summed E-state index contributed by atoms with van der Waals surface area (Å²) in [6.45, 7) is 2.46. The van der Waals surface area contributed by atoms with E-state index >= 15 is 0 Å². The van der Waals surface area contributed by atoms with Crippen molar-refractivity contribution in [2.24, 2.45) is 11.7 Å². The molecule has 4 N–H and O–H groups in total. The number of nitrogens with one attached hydrogen (secondary N) is 2. The van der Waals surface area contributed by atoms with Crippen molar-refractivity contribution < 1.29 is 9.59 Å². The molecule has 0 saturated heterocycles. The minimum absolute atomic E-state index is 0. The van der Waals surface area contributed by atoms with Gasteiger partial charge in [-0.05, 0) is 25.2 Å². The van der Waals surface area contributed by atoms with Crippen molar-refractivity contribution in [1.29, 1.82) is 0 Å². The molecule has 1 fully saturated rings. The number of nitrogens with two attached hydrogens (primary N) is 1. The van der Waals surface area contributed by atoms with E-state index in [1.807, 2.05) is 6.92 Å². The number of hydrogen-bond donors (Lipinski definition) is 3. The zero-order chi connectivity index (χ0) is 12.0. The number of amides is 2. The predicted molar refractivity (Wildman–Crippen MR) is 68.9 cm³/mol. The van der Waals surface area contributed by atoms with Crippen molar-refractivity contribution in [1.82, 2.24) is 10.6 Å². The minimum Gasteiger partial charge on any atom is -0.350 e. The van der Waals surface area contributed by atoms with E-state index in [1.165, 1.54) is 0 Å². The highest BCUT2D eigenvalue weighted by Crippen LogP contribution is 2.31. The van der Waals surface area contributed by atoms with Crippen LogP contribution in [-0.2, 0) is 9.59 Å². The Kier molecular flexibility index (Phi) is 7.91. The monoisotopic (exact) mass is 263 g/mol. The van der Waals surface area contributed by atoms with Crippen LogP contribution in [0, 0.1) is 5.92 Å². The number of carbonyl (C=O) groups excluding carboxylic acids is 2. The van der Waals surface area contributed by atoms with E-state index in [0.29, 0.717) is 18.9 Å². The molecule has 0 aromatic rings. The van der Waals surface area contributed by atoms with Crippen LogP contribution in [0.15, 0.2) is 0 Å². The quantitative estimate of drug-likeness (QED) is 0.613. The van der Waals surface area contributed by atoms with Gasteiger partial charge in [0.1, 0.15) is 0 Å². The summed E-state index contributed by atoms with van der Waals surface area (Å²) in [5.74, 6) is 0.320. The van der Waals surface area contributed by atoms with Crippen molar-refractivity contribution in [2.75, 3.05) is 13.1 Å². The lowest BCUT2D eigenvalue weighted by Gasteiger charge is -2.16. The molecule has 0 aromatic carbocycles. The molecule has 2 amide bonds. The summed E-state index contributed by atoms with van der Waals surface area (Å²) in [5, 5.41) is 5.43. The summed E-state index contributed by atoms with van der Waals surface area (Å²) in [6.07, 6.45) is 3.55. The van der Waals surface area contributed by atoms with E-state index in [4.69, 9.17) is 5.73 Å². The molecule has 1 rings (SSSR count). The van der Waals surface area contributed by atoms with Gasteiger partial charge < -0.3 is 16.4 Å². The van der Waals surface area contributed by atoms with Gasteiger partial charge >= 0.3 is 0 Å². The number of rotatable bonds is 7. The fourth-order valence-electron chi connectivity index (χ4n) is 1.62. The fourth-order valence-corrected chi connectivity index (χ4v) is 1.62. The first kappa shape index (κ1) is 16.2. The Morgan fingerprint density at radius 3 is 2.47 bits per heavy atom. The fraction of sp³-hybridized carbons (Fsp3) is 0.818. The van der Waals surface area contributed by atoms with Crippen molar-refractivity contribution >= 4 is 24.2 Å². The molecule has 0 bridgehead atoms.